The van der Waals surface area contributed by atoms with Crippen LogP contribution in [-0.4, -0.2) is 62.2 Å². The molecule has 0 aromatic rings. The predicted molar refractivity (Wildman–Crippen MR) is 84.7 cm³/mol. The molecule has 0 aliphatic carbocycles. The largest absolute Gasteiger partial charge is 0.317 e. The maximum absolute atomic E-state index is 3.46. The van der Waals surface area contributed by atoms with Crippen LogP contribution in [0.15, 0.2) is 0 Å². The van der Waals surface area contributed by atoms with Crippen LogP contribution in [0.2, 0.25) is 0 Å². The monoisotopic (exact) mass is 269 g/mol. The van der Waals surface area contributed by atoms with Crippen molar-refractivity contribution in [3.8, 4) is 0 Å². The summed E-state index contributed by atoms with van der Waals surface area (Å²) in [5.41, 5.74) is 0. The molecule has 1 rings (SSSR count). The number of rotatable bonds is 10. The molecule has 3 nitrogen and oxygen atoms in total. The van der Waals surface area contributed by atoms with Crippen molar-refractivity contribution in [1.82, 2.24) is 15.1 Å². The molecule has 114 valence electrons. The van der Waals surface area contributed by atoms with Gasteiger partial charge >= 0.3 is 0 Å². The van der Waals surface area contributed by atoms with Crippen molar-refractivity contribution in [2.24, 2.45) is 5.92 Å². The molecule has 1 fully saturated rings. The third-order valence-electron chi connectivity index (χ3n) is 4.60. The van der Waals surface area contributed by atoms with Crippen molar-refractivity contribution in [3.05, 3.63) is 0 Å². The van der Waals surface area contributed by atoms with Gasteiger partial charge in [0.1, 0.15) is 0 Å². The first-order valence-electron chi connectivity index (χ1n) is 8.45. The van der Waals surface area contributed by atoms with Gasteiger partial charge in [0.25, 0.3) is 0 Å². The summed E-state index contributed by atoms with van der Waals surface area (Å²) >= 11 is 0. The van der Waals surface area contributed by atoms with Crippen LogP contribution in [0.3, 0.4) is 0 Å². The van der Waals surface area contributed by atoms with Gasteiger partial charge in [0.05, 0.1) is 0 Å². The quantitative estimate of drug-likeness (QED) is 0.657. The number of nitrogens with zero attached hydrogens (tertiary/aromatic N) is 2. The molecular formula is C16H35N3. The minimum atomic E-state index is 0.970. The van der Waals surface area contributed by atoms with E-state index in [0.29, 0.717) is 0 Å². The molecule has 1 heterocycles. The summed E-state index contributed by atoms with van der Waals surface area (Å²) in [6.45, 7) is 16.7. The van der Waals surface area contributed by atoms with Gasteiger partial charge in [-0.2, -0.15) is 0 Å². The molecule has 0 saturated carbocycles. The van der Waals surface area contributed by atoms with Gasteiger partial charge in [-0.25, -0.2) is 0 Å². The van der Waals surface area contributed by atoms with Crippen molar-refractivity contribution in [3.63, 3.8) is 0 Å². The fourth-order valence-electron chi connectivity index (χ4n) is 3.02. The molecule has 0 aromatic carbocycles. The normalized spacial score (nSPS) is 17.5. The summed E-state index contributed by atoms with van der Waals surface area (Å²) in [7, 11) is 0. The molecule has 0 unspecified atom stereocenters. The Balaban J connectivity index is 2.10. The zero-order valence-corrected chi connectivity index (χ0v) is 13.5. The van der Waals surface area contributed by atoms with Crippen LogP contribution in [0.5, 0.6) is 0 Å². The molecule has 1 saturated heterocycles. The second kappa shape index (κ2) is 10.6. The summed E-state index contributed by atoms with van der Waals surface area (Å²) in [4.78, 5) is 5.17. The van der Waals surface area contributed by atoms with E-state index >= 15 is 0 Å². The fraction of sp³-hybridized carbons (Fsp3) is 1.00. The van der Waals surface area contributed by atoms with E-state index in [-0.39, 0.29) is 0 Å². The van der Waals surface area contributed by atoms with Gasteiger partial charge in [0.15, 0.2) is 0 Å². The highest BCUT2D eigenvalue weighted by atomic mass is 15.1. The van der Waals surface area contributed by atoms with E-state index in [9.17, 15) is 0 Å². The lowest BCUT2D eigenvalue weighted by Crippen LogP contribution is -2.33. The van der Waals surface area contributed by atoms with Gasteiger partial charge in [-0.15, -0.1) is 0 Å². The number of hydrogen-bond donors (Lipinski definition) is 1. The molecule has 1 aliphatic rings. The Bertz CT molecular complexity index is 198. The fourth-order valence-corrected chi connectivity index (χ4v) is 3.02. The zero-order valence-electron chi connectivity index (χ0n) is 13.5. The lowest BCUT2D eigenvalue weighted by Gasteiger charge is -2.27. The van der Waals surface area contributed by atoms with Gasteiger partial charge < -0.3 is 15.1 Å². The topological polar surface area (TPSA) is 18.5 Å². The summed E-state index contributed by atoms with van der Waals surface area (Å²) in [6, 6.07) is 0. The van der Waals surface area contributed by atoms with Crippen LogP contribution in [0.25, 0.3) is 0 Å². The highest BCUT2D eigenvalue weighted by molar-refractivity contribution is 4.70. The maximum Gasteiger partial charge on any atom is -0.000666 e. The molecule has 0 bridgehead atoms. The molecule has 0 spiro atoms. The van der Waals surface area contributed by atoms with Gasteiger partial charge in [-0.05, 0) is 84.0 Å². The van der Waals surface area contributed by atoms with Crippen LogP contribution < -0.4 is 5.32 Å². The number of nitrogens with one attached hydrogen (secondary N) is 1. The van der Waals surface area contributed by atoms with E-state index < -0.39 is 0 Å². The van der Waals surface area contributed by atoms with Crippen LogP contribution in [0.1, 0.15) is 46.5 Å². The van der Waals surface area contributed by atoms with Crippen molar-refractivity contribution >= 4 is 0 Å². The SMILES string of the molecule is CCN(CC)CCCN(CC)CCC1CCNCC1. The molecule has 3 heteroatoms. The van der Waals surface area contributed by atoms with Crippen molar-refractivity contribution in [1.29, 1.82) is 0 Å². The average Bonchev–Trinajstić information content (AvgIpc) is 2.48. The first kappa shape index (κ1) is 16.9. The van der Waals surface area contributed by atoms with Crippen LogP contribution in [-0.2, 0) is 0 Å². The van der Waals surface area contributed by atoms with Crippen molar-refractivity contribution in [2.45, 2.75) is 46.5 Å². The predicted octanol–water partition coefficient (Wildman–Crippen LogP) is 2.43. The first-order chi connectivity index (χ1) is 9.30. The molecule has 0 atom stereocenters. The standard InChI is InChI=1S/C16H35N3/c1-4-18(5-2)13-7-14-19(6-3)15-10-16-8-11-17-12-9-16/h16-17H,4-15H2,1-3H3. The van der Waals surface area contributed by atoms with E-state index in [4.69, 9.17) is 0 Å². The third-order valence-corrected chi connectivity index (χ3v) is 4.60. The average molecular weight is 269 g/mol. The molecule has 0 radical (unpaired) electrons. The summed E-state index contributed by atoms with van der Waals surface area (Å²) in [5.74, 6) is 0.970. The maximum atomic E-state index is 3.46. The molecule has 0 amide bonds. The lowest BCUT2D eigenvalue weighted by molar-refractivity contribution is 0.222. The van der Waals surface area contributed by atoms with Crippen LogP contribution >= 0.6 is 0 Å². The Morgan fingerprint density at radius 1 is 0.842 bits per heavy atom. The van der Waals surface area contributed by atoms with Crippen molar-refractivity contribution in [2.75, 3.05) is 52.4 Å². The minimum absolute atomic E-state index is 0.970. The van der Waals surface area contributed by atoms with Gasteiger partial charge in [0, 0.05) is 0 Å². The smallest absolute Gasteiger partial charge is 0.000666 e. The van der Waals surface area contributed by atoms with Crippen LogP contribution in [0.4, 0.5) is 0 Å². The Kier molecular flexibility index (Phi) is 9.48. The Morgan fingerprint density at radius 2 is 1.42 bits per heavy atom. The highest BCUT2D eigenvalue weighted by Crippen LogP contribution is 2.16. The molecule has 1 aliphatic heterocycles. The van der Waals surface area contributed by atoms with E-state index in [1.807, 2.05) is 0 Å². The second-order valence-electron chi connectivity index (χ2n) is 5.80. The van der Waals surface area contributed by atoms with Gasteiger partial charge in [0.2, 0.25) is 0 Å². The molecule has 1 N–H and O–H groups in total. The third kappa shape index (κ3) is 7.28. The molecular weight excluding hydrogens is 234 g/mol. The lowest BCUT2D eigenvalue weighted by atomic mass is 9.94. The van der Waals surface area contributed by atoms with Crippen LogP contribution in [0, 0.1) is 5.92 Å². The van der Waals surface area contributed by atoms with Gasteiger partial charge in [-0.1, -0.05) is 20.8 Å². The summed E-state index contributed by atoms with van der Waals surface area (Å²) < 4.78 is 0. The zero-order chi connectivity index (χ0) is 13.9. The Morgan fingerprint density at radius 3 is 2.00 bits per heavy atom. The van der Waals surface area contributed by atoms with E-state index in [0.717, 1.165) is 5.92 Å². The van der Waals surface area contributed by atoms with E-state index in [1.54, 1.807) is 0 Å². The molecule has 19 heavy (non-hydrogen) atoms. The minimum Gasteiger partial charge on any atom is -0.317 e. The molecule has 0 aromatic heterocycles. The Labute approximate surface area is 120 Å². The first-order valence-corrected chi connectivity index (χ1v) is 8.45. The summed E-state index contributed by atoms with van der Waals surface area (Å²) in [6.07, 6.45) is 5.50. The van der Waals surface area contributed by atoms with Crippen molar-refractivity contribution < 1.29 is 0 Å². The summed E-state index contributed by atoms with van der Waals surface area (Å²) in [5, 5.41) is 3.46. The Hall–Kier alpha value is -0.120. The highest BCUT2D eigenvalue weighted by Gasteiger charge is 2.14. The second-order valence-corrected chi connectivity index (χ2v) is 5.80. The van der Waals surface area contributed by atoms with E-state index in [1.165, 1.54) is 78.0 Å². The number of piperidine rings is 1. The van der Waals surface area contributed by atoms with Gasteiger partial charge in [-0.3, -0.25) is 0 Å². The number of hydrogen-bond acceptors (Lipinski definition) is 3. The van der Waals surface area contributed by atoms with E-state index in [2.05, 4.69) is 35.9 Å².